The largest absolute Gasteiger partial charge is 0.489 e. The van der Waals surface area contributed by atoms with E-state index in [9.17, 15) is 10.2 Å². The highest BCUT2D eigenvalue weighted by Crippen LogP contribution is 2.23. The Bertz CT molecular complexity index is 635. The van der Waals surface area contributed by atoms with Gasteiger partial charge in [-0.05, 0) is 49.6 Å². The van der Waals surface area contributed by atoms with E-state index in [1.165, 1.54) is 0 Å². The Balaban J connectivity index is 2.08. The predicted octanol–water partition coefficient (Wildman–Crippen LogP) is 3.18. The highest BCUT2D eigenvalue weighted by Gasteiger charge is 2.15. The van der Waals surface area contributed by atoms with Crippen molar-refractivity contribution in [3.63, 3.8) is 0 Å². The molecule has 2 aromatic carbocycles. The number of aliphatic hydroxyl groups is 2. The minimum absolute atomic E-state index is 0.0673. The first-order chi connectivity index (χ1) is 11.4. The fourth-order valence-electron chi connectivity index (χ4n) is 2.31. The van der Waals surface area contributed by atoms with Gasteiger partial charge in [0.15, 0.2) is 0 Å². The van der Waals surface area contributed by atoms with Crippen LogP contribution >= 0.6 is 0 Å². The fraction of sp³-hybridized carbons (Fsp3) is 0.400. The van der Waals surface area contributed by atoms with Gasteiger partial charge in [-0.2, -0.15) is 0 Å². The lowest BCUT2D eigenvalue weighted by molar-refractivity contribution is 0.162. The van der Waals surface area contributed by atoms with Crippen LogP contribution in [0.1, 0.15) is 43.6 Å². The molecular weight excluding hydrogens is 302 g/mol. The molecule has 4 heteroatoms. The number of nitrogens with one attached hydrogen (secondary N) is 1. The molecule has 3 N–H and O–H groups in total. The molecule has 0 aromatic heterocycles. The van der Waals surface area contributed by atoms with Crippen LogP contribution in [0.15, 0.2) is 48.5 Å². The van der Waals surface area contributed by atoms with Crippen LogP contribution in [-0.2, 0) is 13.2 Å². The Morgan fingerprint density at radius 3 is 2.38 bits per heavy atom. The predicted molar refractivity (Wildman–Crippen MR) is 95.9 cm³/mol. The smallest absolute Gasteiger partial charge is 0.120 e. The molecule has 0 bridgehead atoms. The molecule has 0 amide bonds. The maximum atomic E-state index is 10.4. The second-order valence-corrected chi connectivity index (χ2v) is 6.99. The van der Waals surface area contributed by atoms with Crippen LogP contribution in [-0.4, -0.2) is 22.3 Å². The maximum Gasteiger partial charge on any atom is 0.120 e. The SMILES string of the molecule is CC(C)(C)NC[C@@H](O)c1cc(CO)cc(OCc2ccccc2)c1. The molecule has 0 aliphatic heterocycles. The molecule has 0 aliphatic carbocycles. The van der Waals surface area contributed by atoms with Crippen molar-refractivity contribution in [2.24, 2.45) is 0 Å². The van der Waals surface area contributed by atoms with Crippen molar-refractivity contribution in [1.29, 1.82) is 0 Å². The molecule has 2 rings (SSSR count). The number of aliphatic hydroxyl groups excluding tert-OH is 2. The van der Waals surface area contributed by atoms with Gasteiger partial charge in [0.1, 0.15) is 12.4 Å². The summed E-state index contributed by atoms with van der Waals surface area (Å²) < 4.78 is 5.83. The van der Waals surface area contributed by atoms with E-state index in [1.54, 1.807) is 6.07 Å². The molecular formula is C20H27NO3. The third-order valence-corrected chi connectivity index (χ3v) is 3.63. The summed E-state index contributed by atoms with van der Waals surface area (Å²) in [6, 6.07) is 15.3. The summed E-state index contributed by atoms with van der Waals surface area (Å²) in [5.41, 5.74) is 2.47. The molecule has 0 unspecified atom stereocenters. The first-order valence-electron chi connectivity index (χ1n) is 8.22. The monoisotopic (exact) mass is 329 g/mol. The van der Waals surface area contributed by atoms with Gasteiger partial charge >= 0.3 is 0 Å². The first-order valence-corrected chi connectivity index (χ1v) is 8.22. The summed E-state index contributed by atoms with van der Waals surface area (Å²) in [7, 11) is 0. The molecule has 24 heavy (non-hydrogen) atoms. The third kappa shape index (κ3) is 5.96. The third-order valence-electron chi connectivity index (χ3n) is 3.63. The van der Waals surface area contributed by atoms with Crippen LogP contribution in [0.5, 0.6) is 5.75 Å². The van der Waals surface area contributed by atoms with Crippen LogP contribution in [0.25, 0.3) is 0 Å². The van der Waals surface area contributed by atoms with E-state index in [4.69, 9.17) is 4.74 Å². The van der Waals surface area contributed by atoms with Crippen LogP contribution in [0.3, 0.4) is 0 Å². The lowest BCUT2D eigenvalue weighted by Gasteiger charge is -2.23. The van der Waals surface area contributed by atoms with E-state index in [1.807, 2.05) is 42.5 Å². The molecule has 4 nitrogen and oxygen atoms in total. The Hall–Kier alpha value is -1.88. The summed E-state index contributed by atoms with van der Waals surface area (Å²) >= 11 is 0. The molecule has 0 saturated carbocycles. The van der Waals surface area contributed by atoms with E-state index < -0.39 is 6.10 Å². The topological polar surface area (TPSA) is 61.7 Å². The summed E-state index contributed by atoms with van der Waals surface area (Å²) in [6.07, 6.45) is -0.658. The van der Waals surface area contributed by atoms with Crippen molar-refractivity contribution < 1.29 is 14.9 Å². The van der Waals surface area contributed by atoms with E-state index in [0.717, 1.165) is 16.7 Å². The van der Waals surface area contributed by atoms with Crippen molar-refractivity contribution in [3.8, 4) is 5.75 Å². The highest BCUT2D eigenvalue weighted by molar-refractivity contribution is 5.36. The van der Waals surface area contributed by atoms with Gasteiger partial charge < -0.3 is 20.3 Å². The van der Waals surface area contributed by atoms with Gasteiger partial charge in [0.05, 0.1) is 12.7 Å². The summed E-state index contributed by atoms with van der Waals surface area (Å²) in [6.45, 7) is 6.96. The Kier molecular flexibility index (Phi) is 6.37. The second-order valence-electron chi connectivity index (χ2n) is 6.99. The molecule has 2 aromatic rings. The number of benzene rings is 2. The number of β-amino-alcohol motifs (C(OH)–C–C–N with tert-alkyl or cyclic N) is 1. The lowest BCUT2D eigenvalue weighted by atomic mass is 10.0. The molecule has 0 heterocycles. The average molecular weight is 329 g/mol. The Morgan fingerprint density at radius 2 is 1.75 bits per heavy atom. The van der Waals surface area contributed by atoms with Crippen molar-refractivity contribution in [1.82, 2.24) is 5.32 Å². The zero-order valence-corrected chi connectivity index (χ0v) is 14.6. The Morgan fingerprint density at radius 1 is 1.04 bits per heavy atom. The molecule has 0 fully saturated rings. The summed E-state index contributed by atoms with van der Waals surface area (Å²) in [5, 5.41) is 23.2. The standard InChI is InChI=1S/C20H27NO3/c1-20(2,3)21-12-19(23)17-9-16(13-22)10-18(11-17)24-14-15-7-5-4-6-8-15/h4-11,19,21-23H,12-14H2,1-3H3/t19-/m1/s1. The fourth-order valence-corrected chi connectivity index (χ4v) is 2.31. The zero-order valence-electron chi connectivity index (χ0n) is 14.6. The molecule has 1 atom stereocenters. The number of ether oxygens (including phenoxy) is 1. The lowest BCUT2D eigenvalue weighted by Crippen LogP contribution is -2.38. The minimum Gasteiger partial charge on any atom is -0.489 e. The van der Waals surface area contributed by atoms with Gasteiger partial charge in [0.2, 0.25) is 0 Å². The van der Waals surface area contributed by atoms with Gasteiger partial charge in [0, 0.05) is 12.1 Å². The molecule has 0 radical (unpaired) electrons. The Labute approximate surface area is 144 Å². The van der Waals surface area contributed by atoms with Gasteiger partial charge in [-0.3, -0.25) is 0 Å². The van der Waals surface area contributed by atoms with Gasteiger partial charge in [-0.15, -0.1) is 0 Å². The van der Waals surface area contributed by atoms with E-state index in [0.29, 0.717) is 18.9 Å². The van der Waals surface area contributed by atoms with Crippen molar-refractivity contribution >= 4 is 0 Å². The summed E-state index contributed by atoms with van der Waals surface area (Å²) in [5.74, 6) is 0.648. The van der Waals surface area contributed by atoms with Crippen molar-refractivity contribution in [2.75, 3.05) is 6.54 Å². The van der Waals surface area contributed by atoms with E-state index in [2.05, 4.69) is 26.1 Å². The molecule has 0 saturated heterocycles. The minimum atomic E-state index is -0.658. The van der Waals surface area contributed by atoms with Crippen LogP contribution in [0.4, 0.5) is 0 Å². The van der Waals surface area contributed by atoms with Crippen LogP contribution in [0.2, 0.25) is 0 Å². The quantitative estimate of drug-likeness (QED) is 0.730. The molecule has 0 spiro atoms. The first kappa shape index (κ1) is 18.5. The number of hydrogen-bond acceptors (Lipinski definition) is 4. The molecule has 0 aliphatic rings. The number of rotatable bonds is 7. The zero-order chi connectivity index (χ0) is 17.6. The van der Waals surface area contributed by atoms with E-state index >= 15 is 0 Å². The van der Waals surface area contributed by atoms with Crippen LogP contribution < -0.4 is 10.1 Å². The maximum absolute atomic E-state index is 10.4. The van der Waals surface area contributed by atoms with E-state index in [-0.39, 0.29) is 12.1 Å². The molecule has 130 valence electrons. The second kappa shape index (κ2) is 8.29. The average Bonchev–Trinajstić information content (AvgIpc) is 2.57. The van der Waals surface area contributed by atoms with Crippen molar-refractivity contribution in [2.45, 2.75) is 45.6 Å². The van der Waals surface area contributed by atoms with Gasteiger partial charge in [0.25, 0.3) is 0 Å². The normalized spacial score (nSPS) is 12.9. The van der Waals surface area contributed by atoms with Crippen LogP contribution in [0, 0.1) is 0 Å². The highest BCUT2D eigenvalue weighted by atomic mass is 16.5. The number of hydrogen-bond donors (Lipinski definition) is 3. The van der Waals surface area contributed by atoms with Gasteiger partial charge in [-0.1, -0.05) is 36.4 Å². The van der Waals surface area contributed by atoms with Gasteiger partial charge in [-0.25, -0.2) is 0 Å². The summed E-state index contributed by atoms with van der Waals surface area (Å²) in [4.78, 5) is 0. The van der Waals surface area contributed by atoms with Crippen molar-refractivity contribution in [3.05, 3.63) is 65.2 Å².